The fourth-order valence-electron chi connectivity index (χ4n) is 1.69. The molecule has 0 unspecified atom stereocenters. The van der Waals surface area contributed by atoms with Crippen molar-refractivity contribution in [1.82, 2.24) is 4.98 Å². The summed E-state index contributed by atoms with van der Waals surface area (Å²) in [7, 11) is -3.35. The van der Waals surface area contributed by atoms with Crippen molar-refractivity contribution in [3.63, 3.8) is 0 Å². The van der Waals surface area contributed by atoms with Gasteiger partial charge in [0.05, 0.1) is 23.6 Å². The Kier molecular flexibility index (Phi) is 3.85. The van der Waals surface area contributed by atoms with E-state index in [-0.39, 0.29) is 23.3 Å². The number of rotatable bonds is 4. The van der Waals surface area contributed by atoms with Crippen LogP contribution in [0, 0.1) is 0 Å². The van der Waals surface area contributed by atoms with Crippen LogP contribution in [-0.2, 0) is 15.6 Å². The second-order valence-electron chi connectivity index (χ2n) is 3.95. The highest BCUT2D eigenvalue weighted by Gasteiger charge is 2.15. The highest BCUT2D eigenvalue weighted by atomic mass is 35.5. The summed E-state index contributed by atoms with van der Waals surface area (Å²) in [5.41, 5.74) is 1.19. The Hall–Kier alpha value is -1.17. The molecule has 1 N–H and O–H groups in total. The van der Waals surface area contributed by atoms with E-state index in [0.717, 1.165) is 10.9 Å². The Morgan fingerprint density at radius 2 is 2.00 bits per heavy atom. The number of hydrogen-bond donors (Lipinski definition) is 1. The summed E-state index contributed by atoms with van der Waals surface area (Å²) >= 11 is 5.97. The van der Waals surface area contributed by atoms with Gasteiger partial charge in [0.25, 0.3) is 0 Å². The lowest BCUT2D eigenvalue weighted by atomic mass is 10.2. The Morgan fingerprint density at radius 1 is 1.28 bits per heavy atom. The molecule has 0 spiro atoms. The summed E-state index contributed by atoms with van der Waals surface area (Å²) in [5, 5.41) is 9.73. The van der Waals surface area contributed by atoms with Gasteiger partial charge in [0.15, 0.2) is 9.84 Å². The number of benzene rings is 1. The fourth-order valence-corrected chi connectivity index (χ4v) is 3.09. The molecule has 0 fully saturated rings. The van der Waals surface area contributed by atoms with Crippen LogP contribution in [0.2, 0.25) is 5.15 Å². The minimum Gasteiger partial charge on any atom is -0.395 e. The zero-order valence-electron chi connectivity index (χ0n) is 9.51. The van der Waals surface area contributed by atoms with Crippen molar-refractivity contribution in [2.45, 2.75) is 5.75 Å². The third-order valence-corrected chi connectivity index (χ3v) is 4.41. The summed E-state index contributed by atoms with van der Waals surface area (Å²) < 4.78 is 23.3. The number of pyridine rings is 1. The summed E-state index contributed by atoms with van der Waals surface area (Å²) in [4.78, 5) is 4.16. The van der Waals surface area contributed by atoms with Gasteiger partial charge in [-0.3, -0.25) is 0 Å². The Bertz CT molecular complexity index is 670. The van der Waals surface area contributed by atoms with Gasteiger partial charge in [-0.15, -0.1) is 0 Å². The molecule has 0 saturated heterocycles. The first kappa shape index (κ1) is 13.3. The van der Waals surface area contributed by atoms with Gasteiger partial charge < -0.3 is 5.11 Å². The number of aliphatic hydroxyl groups is 1. The van der Waals surface area contributed by atoms with Crippen LogP contribution in [-0.4, -0.2) is 30.9 Å². The van der Waals surface area contributed by atoms with Crippen molar-refractivity contribution in [3.8, 4) is 0 Å². The number of nitrogens with zero attached hydrogens (tertiary/aromatic N) is 1. The van der Waals surface area contributed by atoms with E-state index in [4.69, 9.17) is 16.7 Å². The Balaban J connectivity index is 2.42. The van der Waals surface area contributed by atoms with Crippen LogP contribution in [0.3, 0.4) is 0 Å². The van der Waals surface area contributed by atoms with Crippen LogP contribution >= 0.6 is 11.6 Å². The molecule has 2 aromatic rings. The number of hydrogen-bond acceptors (Lipinski definition) is 4. The molecule has 0 bridgehead atoms. The van der Waals surface area contributed by atoms with Gasteiger partial charge in [0, 0.05) is 10.9 Å². The molecule has 1 aromatic carbocycles. The molecule has 0 aliphatic carbocycles. The topological polar surface area (TPSA) is 67.3 Å². The van der Waals surface area contributed by atoms with Gasteiger partial charge in [-0.05, 0) is 12.1 Å². The highest BCUT2D eigenvalue weighted by Crippen LogP contribution is 2.22. The van der Waals surface area contributed by atoms with Crippen LogP contribution < -0.4 is 0 Å². The maximum Gasteiger partial charge on any atom is 0.156 e. The fraction of sp³-hybridized carbons (Fsp3) is 0.250. The largest absolute Gasteiger partial charge is 0.395 e. The van der Waals surface area contributed by atoms with Crippen LogP contribution in [0.4, 0.5) is 0 Å². The first-order valence-electron chi connectivity index (χ1n) is 5.37. The van der Waals surface area contributed by atoms with Crippen molar-refractivity contribution in [1.29, 1.82) is 0 Å². The molecule has 0 atom stereocenters. The van der Waals surface area contributed by atoms with E-state index in [2.05, 4.69) is 4.98 Å². The van der Waals surface area contributed by atoms with Crippen molar-refractivity contribution in [2.24, 2.45) is 0 Å². The standard InChI is InChI=1S/C12H12ClNO3S/c13-12-10(8-18(16,17)6-5-15)7-9-3-1-2-4-11(9)14-12/h1-4,7,15H,5-6,8H2. The van der Waals surface area contributed by atoms with Crippen molar-refractivity contribution in [2.75, 3.05) is 12.4 Å². The molecule has 0 aliphatic rings. The molecule has 4 nitrogen and oxygen atoms in total. The molecular weight excluding hydrogens is 274 g/mol. The molecule has 18 heavy (non-hydrogen) atoms. The van der Waals surface area contributed by atoms with E-state index < -0.39 is 9.84 Å². The summed E-state index contributed by atoms with van der Waals surface area (Å²) in [5.74, 6) is -0.472. The maximum atomic E-state index is 11.6. The second-order valence-corrected chi connectivity index (χ2v) is 6.49. The minimum atomic E-state index is -3.35. The quantitative estimate of drug-likeness (QED) is 0.870. The normalized spacial score (nSPS) is 11.9. The Labute approximate surface area is 110 Å². The van der Waals surface area contributed by atoms with E-state index in [1.807, 2.05) is 24.3 Å². The zero-order chi connectivity index (χ0) is 13.2. The molecule has 6 heteroatoms. The third kappa shape index (κ3) is 2.98. The lowest BCUT2D eigenvalue weighted by Crippen LogP contribution is -2.12. The Morgan fingerprint density at radius 3 is 2.72 bits per heavy atom. The lowest BCUT2D eigenvalue weighted by molar-refractivity contribution is 0.319. The lowest BCUT2D eigenvalue weighted by Gasteiger charge is -2.06. The highest BCUT2D eigenvalue weighted by molar-refractivity contribution is 7.90. The second kappa shape index (κ2) is 5.22. The first-order chi connectivity index (χ1) is 8.52. The van der Waals surface area contributed by atoms with Crippen molar-refractivity contribution < 1.29 is 13.5 Å². The van der Waals surface area contributed by atoms with Crippen LogP contribution in [0.15, 0.2) is 30.3 Å². The van der Waals surface area contributed by atoms with Gasteiger partial charge >= 0.3 is 0 Å². The van der Waals surface area contributed by atoms with E-state index >= 15 is 0 Å². The van der Waals surface area contributed by atoms with Crippen LogP contribution in [0.1, 0.15) is 5.56 Å². The molecular formula is C12H12ClNO3S. The third-order valence-electron chi connectivity index (χ3n) is 2.53. The average Bonchev–Trinajstić information content (AvgIpc) is 2.29. The van der Waals surface area contributed by atoms with Crippen LogP contribution in [0.25, 0.3) is 10.9 Å². The average molecular weight is 286 g/mol. The van der Waals surface area contributed by atoms with Crippen molar-refractivity contribution in [3.05, 3.63) is 41.0 Å². The van der Waals surface area contributed by atoms with Gasteiger partial charge in [0.1, 0.15) is 5.15 Å². The molecule has 0 amide bonds. The van der Waals surface area contributed by atoms with Crippen LogP contribution in [0.5, 0.6) is 0 Å². The summed E-state index contributed by atoms with van der Waals surface area (Å²) in [6.45, 7) is -0.388. The number of fused-ring (bicyclic) bond motifs is 1. The summed E-state index contributed by atoms with van der Waals surface area (Å²) in [6, 6.07) is 9.07. The molecule has 0 radical (unpaired) electrons. The predicted octanol–water partition coefficient (Wildman–Crippen LogP) is 1.80. The predicted molar refractivity (Wildman–Crippen MR) is 71.3 cm³/mol. The SMILES string of the molecule is O=S(=O)(CCO)Cc1cc2ccccc2nc1Cl. The van der Waals surface area contributed by atoms with Gasteiger partial charge in [-0.25, -0.2) is 13.4 Å². The molecule has 96 valence electrons. The molecule has 1 aromatic heterocycles. The zero-order valence-corrected chi connectivity index (χ0v) is 11.1. The number of aliphatic hydroxyl groups excluding tert-OH is 1. The number of sulfone groups is 1. The monoisotopic (exact) mass is 285 g/mol. The first-order valence-corrected chi connectivity index (χ1v) is 7.57. The molecule has 2 rings (SSSR count). The number of aromatic nitrogens is 1. The smallest absolute Gasteiger partial charge is 0.156 e. The van der Waals surface area contributed by atoms with Crippen molar-refractivity contribution >= 4 is 32.3 Å². The number of para-hydroxylation sites is 1. The maximum absolute atomic E-state index is 11.6. The van der Waals surface area contributed by atoms with Gasteiger partial charge in [-0.1, -0.05) is 29.8 Å². The molecule has 0 saturated carbocycles. The van der Waals surface area contributed by atoms with E-state index in [1.54, 1.807) is 6.07 Å². The van der Waals surface area contributed by atoms with E-state index in [0.29, 0.717) is 5.56 Å². The summed E-state index contributed by atoms with van der Waals surface area (Å²) in [6.07, 6.45) is 0. The van der Waals surface area contributed by atoms with E-state index in [9.17, 15) is 8.42 Å². The number of halogens is 1. The minimum absolute atomic E-state index is 0.190. The van der Waals surface area contributed by atoms with E-state index in [1.165, 1.54) is 0 Å². The van der Waals surface area contributed by atoms with Gasteiger partial charge in [-0.2, -0.15) is 0 Å². The van der Waals surface area contributed by atoms with Gasteiger partial charge in [0.2, 0.25) is 0 Å². The molecule has 1 heterocycles. The molecule has 0 aliphatic heterocycles.